The molecule has 0 aliphatic carbocycles. The van der Waals surface area contributed by atoms with E-state index in [9.17, 15) is 0 Å². The van der Waals surface area contributed by atoms with E-state index < -0.39 is 0 Å². The van der Waals surface area contributed by atoms with Gasteiger partial charge in [-0.2, -0.15) is 0 Å². The highest BCUT2D eigenvalue weighted by atomic mass is 32.1. The van der Waals surface area contributed by atoms with Gasteiger partial charge < -0.3 is 0 Å². The molecule has 4 rings (SSSR count). The van der Waals surface area contributed by atoms with Gasteiger partial charge in [0.05, 0.1) is 10.2 Å². The van der Waals surface area contributed by atoms with E-state index in [1.807, 2.05) is 42.6 Å². The number of hydrogen-bond acceptors (Lipinski definition) is 4. The Morgan fingerprint density at radius 3 is 2.33 bits per heavy atom. The second-order valence-electron chi connectivity index (χ2n) is 6.91. The Hall–Kier alpha value is -3.47. The molecule has 30 heavy (non-hydrogen) atoms. The third-order valence-electron chi connectivity index (χ3n) is 4.57. The van der Waals surface area contributed by atoms with Crippen molar-refractivity contribution in [3.63, 3.8) is 0 Å². The van der Waals surface area contributed by atoms with Crippen LogP contribution < -0.4 is 0 Å². The van der Waals surface area contributed by atoms with Crippen LogP contribution in [0.4, 0.5) is 0 Å². The van der Waals surface area contributed by atoms with Crippen LogP contribution in [0.1, 0.15) is 53.7 Å². The molecule has 0 amide bonds. The van der Waals surface area contributed by atoms with Gasteiger partial charge in [0.25, 0.3) is 0 Å². The minimum atomic E-state index is 0.715. The predicted molar refractivity (Wildman–Crippen MR) is 123 cm³/mol. The molecule has 4 heteroatoms. The van der Waals surface area contributed by atoms with Crippen molar-refractivity contribution in [2.75, 3.05) is 0 Å². The number of pyridine rings is 2. The standard InChI is InChI=1S/C26H21N3S/c1-2-3-4-7-22-14-10-20(18-27-22)11-15-23-16-12-21(19-28-23)13-17-26-29-24-8-5-6-9-25(24)30-26/h5-6,8-10,12,14,16,18-19H,2-4,7H2,1H3. The Bertz CT molecular complexity index is 1210. The lowest BCUT2D eigenvalue weighted by molar-refractivity contribution is 0.707. The van der Waals surface area contributed by atoms with Crippen molar-refractivity contribution < 1.29 is 0 Å². The van der Waals surface area contributed by atoms with Gasteiger partial charge in [0, 0.05) is 29.2 Å². The van der Waals surface area contributed by atoms with Crippen LogP contribution in [-0.4, -0.2) is 15.0 Å². The second kappa shape index (κ2) is 9.83. The van der Waals surface area contributed by atoms with E-state index in [0.29, 0.717) is 5.69 Å². The molecule has 1 aromatic carbocycles. The smallest absolute Gasteiger partial charge is 0.168 e. The monoisotopic (exact) mass is 407 g/mol. The van der Waals surface area contributed by atoms with Crippen molar-refractivity contribution in [1.82, 2.24) is 15.0 Å². The average Bonchev–Trinajstić information content (AvgIpc) is 3.21. The highest BCUT2D eigenvalue weighted by molar-refractivity contribution is 7.19. The van der Waals surface area contributed by atoms with E-state index in [0.717, 1.165) is 38.5 Å². The number of para-hydroxylation sites is 1. The lowest BCUT2D eigenvalue weighted by Gasteiger charge is -1.99. The van der Waals surface area contributed by atoms with Crippen LogP contribution in [-0.2, 0) is 6.42 Å². The number of unbranched alkanes of at least 4 members (excludes halogenated alkanes) is 2. The number of fused-ring (bicyclic) bond motifs is 1. The summed E-state index contributed by atoms with van der Waals surface area (Å²) in [4.78, 5) is 13.4. The maximum absolute atomic E-state index is 4.53. The van der Waals surface area contributed by atoms with Crippen molar-refractivity contribution in [3.05, 3.63) is 88.4 Å². The Morgan fingerprint density at radius 2 is 1.60 bits per heavy atom. The number of thiazole rings is 1. The van der Waals surface area contributed by atoms with Gasteiger partial charge in [-0.1, -0.05) is 43.7 Å². The first-order valence-electron chi connectivity index (χ1n) is 10.1. The minimum absolute atomic E-state index is 0.715. The zero-order chi connectivity index (χ0) is 20.6. The minimum Gasteiger partial charge on any atom is -0.260 e. The van der Waals surface area contributed by atoms with Crippen LogP contribution in [0.15, 0.2) is 60.9 Å². The predicted octanol–water partition coefficient (Wildman–Crippen LogP) is 5.62. The summed E-state index contributed by atoms with van der Waals surface area (Å²) in [5, 5.41) is 0.811. The van der Waals surface area contributed by atoms with Gasteiger partial charge in [-0.25, -0.2) is 9.97 Å². The number of rotatable bonds is 4. The second-order valence-corrected chi connectivity index (χ2v) is 7.94. The molecule has 0 aliphatic heterocycles. The maximum atomic E-state index is 4.53. The Labute approximate surface area is 181 Å². The van der Waals surface area contributed by atoms with Crippen LogP contribution in [0.3, 0.4) is 0 Å². The van der Waals surface area contributed by atoms with Gasteiger partial charge in [0.2, 0.25) is 0 Å². The van der Waals surface area contributed by atoms with E-state index in [1.54, 1.807) is 17.5 Å². The SMILES string of the molecule is CCCCCc1ccc(C#Cc2ccc(C#Cc3nc4ccccc4s3)cn2)cn1. The quantitative estimate of drug-likeness (QED) is 0.326. The normalized spacial score (nSPS) is 10.2. The number of nitrogens with zero attached hydrogens (tertiary/aromatic N) is 3. The zero-order valence-corrected chi connectivity index (χ0v) is 17.7. The Morgan fingerprint density at radius 1 is 0.800 bits per heavy atom. The van der Waals surface area contributed by atoms with E-state index >= 15 is 0 Å². The largest absolute Gasteiger partial charge is 0.260 e. The van der Waals surface area contributed by atoms with Crippen LogP contribution in [0.5, 0.6) is 0 Å². The summed E-state index contributed by atoms with van der Waals surface area (Å²) in [5.41, 5.74) is 4.57. The molecular formula is C26H21N3S. The van der Waals surface area contributed by atoms with Crippen LogP contribution in [0, 0.1) is 23.7 Å². The lowest BCUT2D eigenvalue weighted by Crippen LogP contribution is -1.90. The van der Waals surface area contributed by atoms with Gasteiger partial charge in [0.1, 0.15) is 5.69 Å². The summed E-state index contributed by atoms with van der Waals surface area (Å²) in [5.74, 6) is 12.5. The highest BCUT2D eigenvalue weighted by Gasteiger charge is 1.99. The summed E-state index contributed by atoms with van der Waals surface area (Å²) in [7, 11) is 0. The fraction of sp³-hybridized carbons (Fsp3) is 0.192. The van der Waals surface area contributed by atoms with Crippen LogP contribution in [0.2, 0.25) is 0 Å². The first kappa shape index (κ1) is 19.8. The molecule has 0 N–H and O–H groups in total. The number of benzene rings is 1. The van der Waals surface area contributed by atoms with E-state index in [2.05, 4.69) is 57.7 Å². The van der Waals surface area contributed by atoms with Gasteiger partial charge in [-0.05, 0) is 61.1 Å². The molecular weight excluding hydrogens is 386 g/mol. The highest BCUT2D eigenvalue weighted by Crippen LogP contribution is 2.20. The van der Waals surface area contributed by atoms with E-state index in [-0.39, 0.29) is 0 Å². The Balaban J connectivity index is 1.40. The molecule has 0 saturated carbocycles. The molecule has 0 fully saturated rings. The van der Waals surface area contributed by atoms with Gasteiger partial charge in [0.15, 0.2) is 5.01 Å². The number of hydrogen-bond donors (Lipinski definition) is 0. The molecule has 3 heterocycles. The molecule has 0 atom stereocenters. The number of aryl methyl sites for hydroxylation is 1. The molecule has 0 unspecified atom stereocenters. The molecule has 3 nitrogen and oxygen atoms in total. The van der Waals surface area contributed by atoms with Crippen molar-refractivity contribution in [2.45, 2.75) is 32.6 Å². The van der Waals surface area contributed by atoms with Gasteiger partial charge in [-0.3, -0.25) is 4.98 Å². The Kier molecular flexibility index (Phi) is 6.50. The third kappa shape index (κ3) is 5.32. The summed E-state index contributed by atoms with van der Waals surface area (Å²) in [6.45, 7) is 2.21. The third-order valence-corrected chi connectivity index (χ3v) is 5.52. The zero-order valence-electron chi connectivity index (χ0n) is 16.9. The topological polar surface area (TPSA) is 38.7 Å². The van der Waals surface area contributed by atoms with Gasteiger partial charge >= 0.3 is 0 Å². The maximum Gasteiger partial charge on any atom is 0.168 e. The first-order chi connectivity index (χ1) is 14.8. The van der Waals surface area contributed by atoms with Crippen molar-refractivity contribution in [2.24, 2.45) is 0 Å². The molecule has 0 spiro atoms. The van der Waals surface area contributed by atoms with Gasteiger partial charge in [-0.15, -0.1) is 11.3 Å². The van der Waals surface area contributed by atoms with Crippen LogP contribution >= 0.6 is 11.3 Å². The molecule has 3 aromatic heterocycles. The molecule has 4 aromatic rings. The fourth-order valence-corrected chi connectivity index (χ4v) is 3.75. The summed E-state index contributed by atoms with van der Waals surface area (Å²) in [6, 6.07) is 16.0. The molecule has 0 radical (unpaired) electrons. The number of aromatic nitrogens is 3. The molecule has 0 bridgehead atoms. The average molecular weight is 408 g/mol. The summed E-state index contributed by atoms with van der Waals surface area (Å²) in [6.07, 6.45) is 8.28. The molecule has 0 aliphatic rings. The van der Waals surface area contributed by atoms with E-state index in [1.165, 1.54) is 19.3 Å². The summed E-state index contributed by atoms with van der Waals surface area (Å²) < 4.78 is 1.15. The fourth-order valence-electron chi connectivity index (χ4n) is 2.93. The van der Waals surface area contributed by atoms with Crippen LogP contribution in [0.25, 0.3) is 10.2 Å². The van der Waals surface area contributed by atoms with E-state index in [4.69, 9.17) is 0 Å². The van der Waals surface area contributed by atoms with Crippen molar-refractivity contribution in [1.29, 1.82) is 0 Å². The van der Waals surface area contributed by atoms with Crippen molar-refractivity contribution >= 4 is 21.6 Å². The lowest BCUT2D eigenvalue weighted by atomic mass is 10.1. The summed E-state index contributed by atoms with van der Waals surface area (Å²) >= 11 is 1.60. The van der Waals surface area contributed by atoms with Crippen molar-refractivity contribution in [3.8, 4) is 23.7 Å². The first-order valence-corrected chi connectivity index (χ1v) is 10.9. The molecule has 146 valence electrons. The molecule has 0 saturated heterocycles.